The summed E-state index contributed by atoms with van der Waals surface area (Å²) < 4.78 is 38.6. The van der Waals surface area contributed by atoms with E-state index < -0.39 is 27.4 Å². The van der Waals surface area contributed by atoms with Gasteiger partial charge in [-0.1, -0.05) is 25.1 Å². The number of anilines is 1. The minimum atomic E-state index is -4.35. The molecule has 1 unspecified atom stereocenters. The minimum absolute atomic E-state index is 0.205. The van der Waals surface area contributed by atoms with Gasteiger partial charge in [-0.15, -0.1) is 0 Å². The van der Waals surface area contributed by atoms with Gasteiger partial charge in [0.2, 0.25) is 5.91 Å². The number of carbonyl (C=O) groups is 1. The van der Waals surface area contributed by atoms with Crippen LogP contribution in [0.5, 0.6) is 11.5 Å². The van der Waals surface area contributed by atoms with Crippen molar-refractivity contribution < 1.29 is 27.6 Å². The minimum Gasteiger partial charge on any atom is -0.497 e. The van der Waals surface area contributed by atoms with E-state index in [2.05, 4.69) is 5.32 Å². The molecule has 0 radical (unpaired) electrons. The fourth-order valence-corrected chi connectivity index (χ4v) is 5.21. The quantitative estimate of drug-likeness (QED) is 0.289. The second-order valence-corrected chi connectivity index (χ2v) is 10.1. The van der Waals surface area contributed by atoms with E-state index in [-0.39, 0.29) is 22.3 Å². The van der Waals surface area contributed by atoms with Gasteiger partial charge in [-0.3, -0.25) is 19.2 Å². The van der Waals surface area contributed by atoms with E-state index in [1.54, 1.807) is 31.4 Å². The molecule has 37 heavy (non-hydrogen) atoms. The number of benzene rings is 3. The van der Waals surface area contributed by atoms with E-state index in [0.29, 0.717) is 23.5 Å². The molecule has 0 aromatic heterocycles. The van der Waals surface area contributed by atoms with Crippen LogP contribution in [0.4, 0.5) is 11.4 Å². The predicted molar refractivity (Wildman–Crippen MR) is 140 cm³/mol. The number of carbonyl (C=O) groups excluding carboxylic acids is 1. The highest BCUT2D eigenvalue weighted by Crippen LogP contribution is 2.29. The number of ether oxygens (including phenoxy) is 2. The number of sulfonamides is 1. The molecule has 0 bridgehead atoms. The Balaban J connectivity index is 1.96. The Hall–Kier alpha value is -4.12. The molecule has 1 atom stereocenters. The number of amides is 1. The second-order valence-electron chi connectivity index (χ2n) is 8.22. The van der Waals surface area contributed by atoms with Crippen LogP contribution < -0.4 is 19.1 Å². The first-order valence-electron chi connectivity index (χ1n) is 11.5. The van der Waals surface area contributed by atoms with Crippen LogP contribution in [-0.2, 0) is 14.8 Å². The molecule has 196 valence electrons. The van der Waals surface area contributed by atoms with E-state index in [4.69, 9.17) is 9.47 Å². The van der Waals surface area contributed by atoms with E-state index in [1.165, 1.54) is 38.3 Å². The van der Waals surface area contributed by atoms with Crippen molar-refractivity contribution in [2.24, 2.45) is 0 Å². The second kappa shape index (κ2) is 11.7. The molecule has 0 saturated carbocycles. The maximum absolute atomic E-state index is 13.7. The molecular weight excluding hydrogens is 498 g/mol. The predicted octanol–water partition coefficient (Wildman–Crippen LogP) is 4.38. The highest BCUT2D eigenvalue weighted by molar-refractivity contribution is 7.92. The van der Waals surface area contributed by atoms with Gasteiger partial charge in [-0.2, -0.15) is 0 Å². The lowest BCUT2D eigenvalue weighted by atomic mass is 10.0. The summed E-state index contributed by atoms with van der Waals surface area (Å²) in [5, 5.41) is 14.3. The zero-order valence-corrected chi connectivity index (χ0v) is 21.8. The van der Waals surface area contributed by atoms with Gasteiger partial charge in [0.1, 0.15) is 18.0 Å². The highest BCUT2D eigenvalue weighted by Gasteiger charge is 2.30. The summed E-state index contributed by atoms with van der Waals surface area (Å²) in [6.07, 6.45) is 0.567. The van der Waals surface area contributed by atoms with Gasteiger partial charge < -0.3 is 14.8 Å². The first-order valence-corrected chi connectivity index (χ1v) is 12.9. The van der Waals surface area contributed by atoms with Gasteiger partial charge in [-0.05, 0) is 61.4 Å². The van der Waals surface area contributed by atoms with Crippen molar-refractivity contribution in [2.75, 3.05) is 25.1 Å². The molecule has 0 aliphatic rings. The first-order chi connectivity index (χ1) is 17.6. The average Bonchev–Trinajstić information content (AvgIpc) is 2.90. The summed E-state index contributed by atoms with van der Waals surface area (Å²) in [6, 6.07) is 16.7. The maximum atomic E-state index is 13.7. The van der Waals surface area contributed by atoms with Gasteiger partial charge in [0.05, 0.1) is 35.8 Å². The lowest BCUT2D eigenvalue weighted by molar-refractivity contribution is -0.385. The number of aryl methyl sites for hydroxylation is 1. The SMILES string of the molecule is CCC(NC(=O)CN(c1ccc(OC)cc1)S(=O)(=O)c1ccc(C)c([N+](=O)[O-])c1)c1ccc(OC)cc1. The summed E-state index contributed by atoms with van der Waals surface area (Å²) in [6.45, 7) is 2.88. The normalized spacial score (nSPS) is 11.9. The third-order valence-corrected chi connectivity index (χ3v) is 7.64. The number of hydrogen-bond donors (Lipinski definition) is 1. The number of methoxy groups -OCH3 is 2. The van der Waals surface area contributed by atoms with Crippen LogP contribution in [0.25, 0.3) is 0 Å². The van der Waals surface area contributed by atoms with Crippen LogP contribution in [0, 0.1) is 17.0 Å². The Bertz CT molecular complexity index is 1360. The summed E-state index contributed by atoms with van der Waals surface area (Å²) in [5.74, 6) is 0.639. The van der Waals surface area contributed by atoms with Crippen molar-refractivity contribution in [1.29, 1.82) is 0 Å². The Kier molecular flexibility index (Phi) is 8.72. The molecule has 0 spiro atoms. The van der Waals surface area contributed by atoms with Crippen LogP contribution >= 0.6 is 0 Å². The zero-order chi connectivity index (χ0) is 27.2. The maximum Gasteiger partial charge on any atom is 0.273 e. The molecule has 0 aliphatic heterocycles. The van der Waals surface area contributed by atoms with Crippen molar-refractivity contribution in [2.45, 2.75) is 31.2 Å². The molecule has 0 heterocycles. The van der Waals surface area contributed by atoms with Gasteiger partial charge >= 0.3 is 0 Å². The van der Waals surface area contributed by atoms with Gasteiger partial charge in [0.15, 0.2) is 0 Å². The van der Waals surface area contributed by atoms with Crippen LogP contribution in [0.2, 0.25) is 0 Å². The molecule has 0 aliphatic carbocycles. The number of nitrogens with one attached hydrogen (secondary N) is 1. The summed E-state index contributed by atoms with van der Waals surface area (Å²) in [4.78, 5) is 23.6. The summed E-state index contributed by atoms with van der Waals surface area (Å²) >= 11 is 0. The monoisotopic (exact) mass is 527 g/mol. The fraction of sp³-hybridized carbons (Fsp3) is 0.269. The summed E-state index contributed by atoms with van der Waals surface area (Å²) in [5.41, 5.74) is 1.04. The Morgan fingerprint density at radius 3 is 2.08 bits per heavy atom. The van der Waals surface area contributed by atoms with E-state index in [0.717, 1.165) is 15.9 Å². The van der Waals surface area contributed by atoms with Gasteiger partial charge in [0.25, 0.3) is 15.7 Å². The van der Waals surface area contributed by atoms with Crippen molar-refractivity contribution in [1.82, 2.24) is 5.32 Å². The third kappa shape index (κ3) is 6.36. The smallest absolute Gasteiger partial charge is 0.273 e. The standard InChI is InChI=1S/C26H29N3O7S/c1-5-24(19-7-11-21(35-3)12-8-19)27-26(30)17-28(20-9-13-22(36-4)14-10-20)37(33,34)23-15-6-18(2)25(16-23)29(31)32/h6-16,24H,5,17H2,1-4H3,(H,27,30). The molecule has 1 amide bonds. The van der Waals surface area contributed by atoms with Crippen LogP contribution in [0.1, 0.15) is 30.5 Å². The van der Waals surface area contributed by atoms with E-state index in [9.17, 15) is 23.3 Å². The zero-order valence-electron chi connectivity index (χ0n) is 21.0. The molecular formula is C26H29N3O7S. The first kappa shape index (κ1) is 27.5. The van der Waals surface area contributed by atoms with E-state index >= 15 is 0 Å². The molecule has 11 heteroatoms. The molecule has 10 nitrogen and oxygen atoms in total. The van der Waals surface area contributed by atoms with Crippen LogP contribution in [0.3, 0.4) is 0 Å². The average molecular weight is 528 g/mol. The number of nitro groups is 1. The van der Waals surface area contributed by atoms with Crippen molar-refractivity contribution >= 4 is 27.3 Å². The van der Waals surface area contributed by atoms with Crippen LogP contribution in [0.15, 0.2) is 71.6 Å². The number of nitrogens with zero attached hydrogens (tertiary/aromatic N) is 2. The summed E-state index contributed by atoms with van der Waals surface area (Å²) in [7, 11) is -1.31. The Morgan fingerprint density at radius 1 is 1.00 bits per heavy atom. The van der Waals surface area contributed by atoms with Crippen molar-refractivity contribution in [3.63, 3.8) is 0 Å². The molecule has 3 rings (SSSR count). The number of hydrogen-bond acceptors (Lipinski definition) is 7. The fourth-order valence-electron chi connectivity index (χ4n) is 3.76. The highest BCUT2D eigenvalue weighted by atomic mass is 32.2. The van der Waals surface area contributed by atoms with Crippen molar-refractivity contribution in [3.05, 3.63) is 88.0 Å². The van der Waals surface area contributed by atoms with Gasteiger partial charge in [-0.25, -0.2) is 8.42 Å². The third-order valence-electron chi connectivity index (χ3n) is 5.87. The Morgan fingerprint density at radius 2 is 1.57 bits per heavy atom. The molecule has 0 saturated heterocycles. The van der Waals surface area contributed by atoms with Gasteiger partial charge in [0, 0.05) is 11.6 Å². The Labute approximate surface area is 216 Å². The largest absolute Gasteiger partial charge is 0.497 e. The molecule has 0 fully saturated rings. The number of rotatable bonds is 11. The lowest BCUT2D eigenvalue weighted by Gasteiger charge is -2.26. The van der Waals surface area contributed by atoms with E-state index in [1.807, 2.05) is 19.1 Å². The molecule has 3 aromatic rings. The lowest BCUT2D eigenvalue weighted by Crippen LogP contribution is -2.42. The molecule has 3 aromatic carbocycles. The number of nitro benzene ring substituents is 1. The van der Waals surface area contributed by atoms with Crippen LogP contribution in [-0.4, -0.2) is 40.0 Å². The van der Waals surface area contributed by atoms with Crippen molar-refractivity contribution in [3.8, 4) is 11.5 Å². The molecule has 1 N–H and O–H groups in total. The topological polar surface area (TPSA) is 128 Å².